The van der Waals surface area contributed by atoms with Crippen molar-refractivity contribution in [2.75, 3.05) is 32.1 Å². The zero-order chi connectivity index (χ0) is 12.5. The predicted octanol–water partition coefficient (Wildman–Crippen LogP) is 1.52. The molecule has 0 spiro atoms. The minimum Gasteiger partial charge on any atom is -0.378 e. The fourth-order valence-electron chi connectivity index (χ4n) is 1.88. The molecule has 1 heterocycles. The number of benzene rings is 1. The normalized spacial score (nSPS) is 28.4. The van der Waals surface area contributed by atoms with Gasteiger partial charge in [0.2, 0.25) is 0 Å². The van der Waals surface area contributed by atoms with Crippen molar-refractivity contribution in [1.82, 2.24) is 0 Å². The van der Waals surface area contributed by atoms with E-state index < -0.39 is 5.79 Å². The molecule has 2 atom stereocenters. The molecule has 4 nitrogen and oxygen atoms in total. The van der Waals surface area contributed by atoms with Crippen LogP contribution in [0, 0.1) is 0 Å². The fourth-order valence-corrected chi connectivity index (χ4v) is 1.88. The maximum absolute atomic E-state index is 5.82. The number of nitrogens with zero attached hydrogens (tertiary/aromatic N) is 1. The topological polar surface area (TPSA) is 47.7 Å². The van der Waals surface area contributed by atoms with Crippen LogP contribution in [0.2, 0.25) is 0 Å². The first-order chi connectivity index (χ1) is 8.04. The second-order valence-electron chi connectivity index (χ2n) is 4.74. The van der Waals surface area contributed by atoms with E-state index in [0.29, 0.717) is 13.2 Å². The van der Waals surface area contributed by atoms with E-state index in [1.165, 1.54) is 5.69 Å². The van der Waals surface area contributed by atoms with E-state index >= 15 is 0 Å². The first-order valence-electron chi connectivity index (χ1n) is 5.83. The third-order valence-electron chi connectivity index (χ3n) is 3.08. The van der Waals surface area contributed by atoms with Crippen LogP contribution in [0.5, 0.6) is 0 Å². The van der Waals surface area contributed by atoms with Crippen LogP contribution >= 0.6 is 0 Å². The molecule has 2 rings (SSSR count). The third-order valence-corrected chi connectivity index (χ3v) is 3.08. The van der Waals surface area contributed by atoms with Crippen molar-refractivity contribution in [1.29, 1.82) is 0 Å². The standard InChI is InChI=1S/C13H20N2O2/c1-13(9-14)16-8-12(17-13)10-4-6-11(7-5-10)15(2)3/h4-7,12H,8-9,14H2,1-3H3. The van der Waals surface area contributed by atoms with Gasteiger partial charge in [-0.3, -0.25) is 0 Å². The summed E-state index contributed by atoms with van der Waals surface area (Å²) in [5, 5.41) is 0. The quantitative estimate of drug-likeness (QED) is 0.864. The van der Waals surface area contributed by atoms with E-state index in [1.54, 1.807) is 0 Å². The summed E-state index contributed by atoms with van der Waals surface area (Å²) >= 11 is 0. The number of rotatable bonds is 3. The molecule has 0 bridgehead atoms. The van der Waals surface area contributed by atoms with Crippen LogP contribution in [0.3, 0.4) is 0 Å². The lowest BCUT2D eigenvalue weighted by Gasteiger charge is -2.21. The van der Waals surface area contributed by atoms with Crippen LogP contribution in [-0.4, -0.2) is 33.0 Å². The van der Waals surface area contributed by atoms with Gasteiger partial charge in [-0.05, 0) is 24.6 Å². The summed E-state index contributed by atoms with van der Waals surface area (Å²) in [6, 6.07) is 8.31. The summed E-state index contributed by atoms with van der Waals surface area (Å²) in [7, 11) is 4.05. The van der Waals surface area contributed by atoms with E-state index in [1.807, 2.05) is 21.0 Å². The molecule has 1 aliphatic heterocycles. The molecule has 0 aliphatic carbocycles. The summed E-state index contributed by atoms with van der Waals surface area (Å²) in [4.78, 5) is 2.07. The summed E-state index contributed by atoms with van der Waals surface area (Å²) in [6.45, 7) is 2.81. The molecule has 0 aromatic heterocycles. The molecule has 0 saturated carbocycles. The van der Waals surface area contributed by atoms with Gasteiger partial charge in [-0.15, -0.1) is 0 Å². The Bertz CT molecular complexity index is 378. The molecule has 1 fully saturated rings. The third kappa shape index (κ3) is 2.60. The Morgan fingerprint density at radius 3 is 2.47 bits per heavy atom. The molecule has 1 saturated heterocycles. The van der Waals surface area contributed by atoms with Gasteiger partial charge in [0.1, 0.15) is 6.10 Å². The van der Waals surface area contributed by atoms with E-state index in [2.05, 4.69) is 29.2 Å². The van der Waals surface area contributed by atoms with E-state index in [0.717, 1.165) is 5.56 Å². The lowest BCUT2D eigenvalue weighted by Crippen LogP contribution is -2.35. The van der Waals surface area contributed by atoms with Gasteiger partial charge in [-0.2, -0.15) is 0 Å². The van der Waals surface area contributed by atoms with Crippen LogP contribution in [0.15, 0.2) is 24.3 Å². The number of anilines is 1. The van der Waals surface area contributed by atoms with Crippen LogP contribution < -0.4 is 10.6 Å². The first-order valence-corrected chi connectivity index (χ1v) is 5.83. The average molecular weight is 236 g/mol. The second kappa shape index (κ2) is 4.64. The van der Waals surface area contributed by atoms with Crippen molar-refractivity contribution in [3.8, 4) is 0 Å². The Kier molecular flexibility index (Phi) is 3.38. The lowest BCUT2D eigenvalue weighted by atomic mass is 10.1. The zero-order valence-electron chi connectivity index (χ0n) is 10.6. The number of ether oxygens (including phenoxy) is 2. The predicted molar refractivity (Wildman–Crippen MR) is 68.0 cm³/mol. The molecule has 1 aliphatic rings. The molecular formula is C13H20N2O2. The Hall–Kier alpha value is -1.10. The summed E-state index contributed by atoms with van der Waals surface area (Å²) < 4.78 is 11.4. The van der Waals surface area contributed by atoms with Crippen molar-refractivity contribution in [2.24, 2.45) is 5.73 Å². The lowest BCUT2D eigenvalue weighted by molar-refractivity contribution is -0.145. The maximum atomic E-state index is 5.82. The highest BCUT2D eigenvalue weighted by atomic mass is 16.7. The molecule has 2 unspecified atom stereocenters. The van der Waals surface area contributed by atoms with Crippen molar-refractivity contribution in [3.63, 3.8) is 0 Å². The van der Waals surface area contributed by atoms with E-state index in [-0.39, 0.29) is 6.10 Å². The Balaban J connectivity index is 2.09. The second-order valence-corrected chi connectivity index (χ2v) is 4.74. The minimum absolute atomic E-state index is 0.0141. The van der Waals surface area contributed by atoms with Crippen molar-refractivity contribution in [3.05, 3.63) is 29.8 Å². The molecule has 2 N–H and O–H groups in total. The van der Waals surface area contributed by atoms with E-state index in [9.17, 15) is 0 Å². The number of hydrogen-bond acceptors (Lipinski definition) is 4. The van der Waals surface area contributed by atoms with Gasteiger partial charge in [-0.1, -0.05) is 12.1 Å². The average Bonchev–Trinajstić information content (AvgIpc) is 2.73. The van der Waals surface area contributed by atoms with E-state index in [4.69, 9.17) is 15.2 Å². The highest BCUT2D eigenvalue weighted by Gasteiger charge is 2.36. The van der Waals surface area contributed by atoms with Gasteiger partial charge < -0.3 is 20.1 Å². The maximum Gasteiger partial charge on any atom is 0.178 e. The Morgan fingerprint density at radius 2 is 2.00 bits per heavy atom. The molecule has 17 heavy (non-hydrogen) atoms. The molecule has 94 valence electrons. The first kappa shape index (κ1) is 12.4. The summed E-state index contributed by atoms with van der Waals surface area (Å²) in [6.07, 6.45) is -0.0141. The molecule has 4 heteroatoms. The van der Waals surface area contributed by atoms with Crippen molar-refractivity contribution < 1.29 is 9.47 Å². The molecular weight excluding hydrogens is 216 g/mol. The van der Waals surface area contributed by atoms with Gasteiger partial charge >= 0.3 is 0 Å². The summed E-state index contributed by atoms with van der Waals surface area (Å²) in [5.74, 6) is -0.634. The molecule has 1 aromatic rings. The van der Waals surface area contributed by atoms with Gasteiger partial charge in [0, 0.05) is 26.3 Å². The number of hydrogen-bond donors (Lipinski definition) is 1. The van der Waals surface area contributed by atoms with Crippen LogP contribution in [-0.2, 0) is 9.47 Å². The molecule has 0 radical (unpaired) electrons. The monoisotopic (exact) mass is 236 g/mol. The van der Waals surface area contributed by atoms with Gasteiger partial charge in [0.05, 0.1) is 6.61 Å². The smallest absolute Gasteiger partial charge is 0.178 e. The SMILES string of the molecule is CN(C)c1ccc(C2COC(C)(CN)O2)cc1. The van der Waals surface area contributed by atoms with Crippen LogP contribution in [0.4, 0.5) is 5.69 Å². The fraction of sp³-hybridized carbons (Fsp3) is 0.538. The van der Waals surface area contributed by atoms with Crippen LogP contribution in [0.1, 0.15) is 18.6 Å². The minimum atomic E-state index is -0.634. The number of nitrogens with two attached hydrogens (primary N) is 1. The molecule has 0 amide bonds. The van der Waals surface area contributed by atoms with Crippen molar-refractivity contribution in [2.45, 2.75) is 18.8 Å². The van der Waals surface area contributed by atoms with Crippen LogP contribution in [0.25, 0.3) is 0 Å². The summed E-state index contributed by atoms with van der Waals surface area (Å²) in [5.41, 5.74) is 7.92. The van der Waals surface area contributed by atoms with Gasteiger partial charge in [0.15, 0.2) is 5.79 Å². The van der Waals surface area contributed by atoms with Gasteiger partial charge in [0.25, 0.3) is 0 Å². The Morgan fingerprint density at radius 1 is 1.35 bits per heavy atom. The van der Waals surface area contributed by atoms with Crippen molar-refractivity contribution >= 4 is 5.69 Å². The molecule has 1 aromatic carbocycles. The zero-order valence-corrected chi connectivity index (χ0v) is 10.6. The highest BCUT2D eigenvalue weighted by molar-refractivity contribution is 5.46. The Labute approximate surface area is 102 Å². The highest BCUT2D eigenvalue weighted by Crippen LogP contribution is 2.33. The van der Waals surface area contributed by atoms with Gasteiger partial charge in [-0.25, -0.2) is 0 Å². The largest absolute Gasteiger partial charge is 0.378 e.